The summed E-state index contributed by atoms with van der Waals surface area (Å²) in [6, 6.07) is 5.10. The number of likely N-dealkylation sites (tertiary alicyclic amines) is 1. The predicted molar refractivity (Wildman–Crippen MR) is 175 cm³/mol. The van der Waals surface area contributed by atoms with Crippen molar-refractivity contribution in [2.24, 2.45) is 5.92 Å². The molecule has 2 aromatic carbocycles. The van der Waals surface area contributed by atoms with Gasteiger partial charge in [-0.15, -0.1) is 0 Å². The largest absolute Gasteiger partial charge is 0.481 e. The first kappa shape index (κ1) is 35.3. The number of carboxylic acids is 1. The number of carbonyl (C=O) groups is 2. The molecule has 0 radical (unpaired) electrons. The summed E-state index contributed by atoms with van der Waals surface area (Å²) in [5.41, 5.74) is 3.87. The first-order valence-corrected chi connectivity index (χ1v) is 16.6. The zero-order valence-corrected chi connectivity index (χ0v) is 27.8. The van der Waals surface area contributed by atoms with Gasteiger partial charge >= 0.3 is 12.1 Å². The standard InChI is InChI=1S/C37H43F4N3O4/c1-21(2)13-32(44-20-25(9-12-43-10-6-11-43)30(18-33(44)45)37(39,40)41)36(48)42-31(19-34(46)47)26-16-24-7-5-8-28(24)29(17-26)35-22(3)14-27(38)15-23(35)4/h14-18,20-21,31-32H,5-13,19H2,1-4H3,(H,42,48)(H,46,47). The third-order valence-electron chi connectivity index (χ3n) is 9.55. The third kappa shape index (κ3) is 7.83. The molecule has 1 aliphatic heterocycles. The van der Waals surface area contributed by atoms with Gasteiger partial charge in [-0.1, -0.05) is 19.9 Å². The topological polar surface area (TPSA) is 91.6 Å². The number of halogens is 4. The smallest absolute Gasteiger partial charge is 0.416 e. The number of hydrogen-bond donors (Lipinski definition) is 2. The Morgan fingerprint density at radius 1 is 1.00 bits per heavy atom. The number of fused-ring (bicyclic) bond motifs is 1. The monoisotopic (exact) mass is 669 g/mol. The third-order valence-corrected chi connectivity index (χ3v) is 9.55. The van der Waals surface area contributed by atoms with Crippen LogP contribution in [0.3, 0.4) is 0 Å². The molecule has 11 heteroatoms. The number of aromatic nitrogens is 1. The van der Waals surface area contributed by atoms with E-state index in [2.05, 4.69) is 5.32 Å². The quantitative estimate of drug-likeness (QED) is 0.204. The van der Waals surface area contributed by atoms with Gasteiger partial charge in [0.05, 0.1) is 18.0 Å². The van der Waals surface area contributed by atoms with Crippen molar-refractivity contribution in [1.82, 2.24) is 14.8 Å². The van der Waals surface area contributed by atoms with Crippen LogP contribution in [0.4, 0.5) is 17.6 Å². The zero-order valence-electron chi connectivity index (χ0n) is 27.8. The average Bonchev–Trinajstić information content (AvgIpc) is 3.43. The fraction of sp³-hybridized carbons (Fsp3) is 0.486. The Balaban J connectivity index is 1.55. The summed E-state index contributed by atoms with van der Waals surface area (Å²) in [7, 11) is 0. The van der Waals surface area contributed by atoms with E-state index in [-0.39, 0.29) is 30.1 Å². The van der Waals surface area contributed by atoms with Gasteiger partial charge in [-0.05, 0) is 134 Å². The number of nitrogens with one attached hydrogen (secondary N) is 1. The number of benzene rings is 2. The van der Waals surface area contributed by atoms with E-state index >= 15 is 0 Å². The number of carboxylic acid groups (broad SMARTS) is 1. The summed E-state index contributed by atoms with van der Waals surface area (Å²) >= 11 is 0. The summed E-state index contributed by atoms with van der Waals surface area (Å²) in [4.78, 5) is 41.6. The molecule has 1 amide bonds. The summed E-state index contributed by atoms with van der Waals surface area (Å²) in [5, 5.41) is 12.8. The second-order valence-electron chi connectivity index (χ2n) is 13.7. The van der Waals surface area contributed by atoms with E-state index in [1.54, 1.807) is 0 Å². The molecule has 258 valence electrons. The summed E-state index contributed by atoms with van der Waals surface area (Å²) in [5.74, 6) is -2.28. The minimum atomic E-state index is -4.74. The number of hydrogen-bond acceptors (Lipinski definition) is 4. The van der Waals surface area contributed by atoms with Crippen LogP contribution >= 0.6 is 0 Å². The van der Waals surface area contributed by atoms with E-state index in [1.807, 2.05) is 44.7 Å². The minimum Gasteiger partial charge on any atom is -0.481 e. The molecular weight excluding hydrogens is 626 g/mol. The lowest BCUT2D eigenvalue weighted by Crippen LogP contribution is -2.41. The Bertz CT molecular complexity index is 1740. The van der Waals surface area contributed by atoms with Crippen molar-refractivity contribution < 1.29 is 32.3 Å². The molecule has 2 N–H and O–H groups in total. The maximum atomic E-state index is 14.2. The molecular formula is C37H43F4N3O4. The highest BCUT2D eigenvalue weighted by atomic mass is 19.4. The van der Waals surface area contributed by atoms with Crippen molar-refractivity contribution in [3.63, 3.8) is 0 Å². The zero-order chi connectivity index (χ0) is 34.9. The summed E-state index contributed by atoms with van der Waals surface area (Å²) in [6.07, 6.45) is -0.371. The average molecular weight is 670 g/mol. The molecule has 1 aliphatic carbocycles. The number of aliphatic carboxylic acids is 1. The molecule has 3 aromatic rings. The molecule has 2 atom stereocenters. The molecule has 5 rings (SSSR count). The van der Waals surface area contributed by atoms with E-state index in [0.717, 1.165) is 82.9 Å². The number of pyridine rings is 1. The second kappa shape index (κ2) is 14.2. The maximum Gasteiger partial charge on any atom is 0.416 e. The second-order valence-corrected chi connectivity index (χ2v) is 13.7. The Morgan fingerprint density at radius 3 is 2.27 bits per heavy atom. The number of alkyl halides is 3. The van der Waals surface area contributed by atoms with Crippen LogP contribution in [0.2, 0.25) is 0 Å². The number of carbonyl (C=O) groups excluding carboxylic acids is 1. The van der Waals surface area contributed by atoms with Gasteiger partial charge in [-0.2, -0.15) is 13.2 Å². The Hall–Kier alpha value is -3.99. The van der Waals surface area contributed by atoms with Crippen LogP contribution < -0.4 is 10.9 Å². The molecule has 1 aromatic heterocycles. The summed E-state index contributed by atoms with van der Waals surface area (Å²) < 4.78 is 57.4. The van der Waals surface area contributed by atoms with Crippen LogP contribution in [-0.2, 0) is 35.0 Å². The van der Waals surface area contributed by atoms with Crippen molar-refractivity contribution >= 4 is 11.9 Å². The van der Waals surface area contributed by atoms with Gasteiger partial charge in [0, 0.05) is 18.8 Å². The van der Waals surface area contributed by atoms with Crippen LogP contribution in [0.5, 0.6) is 0 Å². The highest BCUT2D eigenvalue weighted by Crippen LogP contribution is 2.39. The number of nitrogens with zero attached hydrogens (tertiary/aromatic N) is 2. The molecule has 2 unspecified atom stereocenters. The summed E-state index contributed by atoms with van der Waals surface area (Å²) in [6.45, 7) is 9.34. The number of aryl methyl sites for hydroxylation is 3. The molecule has 2 heterocycles. The molecule has 1 fully saturated rings. The molecule has 0 spiro atoms. The Morgan fingerprint density at radius 2 is 1.69 bits per heavy atom. The lowest BCUT2D eigenvalue weighted by molar-refractivity contribution is -0.139. The van der Waals surface area contributed by atoms with Crippen molar-refractivity contribution in [3.05, 3.63) is 91.6 Å². The first-order chi connectivity index (χ1) is 22.6. The van der Waals surface area contributed by atoms with Gasteiger partial charge < -0.3 is 19.9 Å². The van der Waals surface area contributed by atoms with Gasteiger partial charge in [0.2, 0.25) is 5.91 Å². The van der Waals surface area contributed by atoms with E-state index in [1.165, 1.54) is 12.1 Å². The van der Waals surface area contributed by atoms with Gasteiger partial charge in [0.25, 0.3) is 5.56 Å². The maximum absolute atomic E-state index is 14.2. The van der Waals surface area contributed by atoms with Crippen molar-refractivity contribution in [2.75, 3.05) is 19.6 Å². The molecule has 48 heavy (non-hydrogen) atoms. The molecule has 2 aliphatic rings. The fourth-order valence-electron chi connectivity index (χ4n) is 7.16. The predicted octanol–water partition coefficient (Wildman–Crippen LogP) is 6.95. The lowest BCUT2D eigenvalue weighted by atomic mass is 9.87. The van der Waals surface area contributed by atoms with Crippen LogP contribution in [0.25, 0.3) is 11.1 Å². The normalized spacial score (nSPS) is 16.0. The lowest BCUT2D eigenvalue weighted by Gasteiger charge is -2.31. The SMILES string of the molecule is Cc1cc(F)cc(C)c1-c1cc(C(CC(=O)O)NC(=O)C(CC(C)C)n2cc(CCN3CCC3)c(C(F)(F)F)cc2=O)cc2c1CCC2. The van der Waals surface area contributed by atoms with Gasteiger partial charge in [0.15, 0.2) is 0 Å². The van der Waals surface area contributed by atoms with Crippen LogP contribution in [0.1, 0.15) is 90.6 Å². The number of amides is 1. The van der Waals surface area contributed by atoms with Crippen LogP contribution in [-0.4, -0.2) is 46.1 Å². The fourth-order valence-corrected chi connectivity index (χ4v) is 7.16. The molecule has 0 bridgehead atoms. The van der Waals surface area contributed by atoms with Crippen molar-refractivity contribution in [3.8, 4) is 11.1 Å². The Labute approximate surface area is 278 Å². The van der Waals surface area contributed by atoms with Gasteiger partial charge in [-0.3, -0.25) is 14.4 Å². The van der Waals surface area contributed by atoms with Gasteiger partial charge in [-0.25, -0.2) is 4.39 Å². The molecule has 1 saturated heterocycles. The minimum absolute atomic E-state index is 0.0624. The Kier molecular flexibility index (Phi) is 10.5. The van der Waals surface area contributed by atoms with Gasteiger partial charge in [0.1, 0.15) is 11.9 Å². The van der Waals surface area contributed by atoms with E-state index in [4.69, 9.17) is 0 Å². The van der Waals surface area contributed by atoms with Crippen molar-refractivity contribution in [1.29, 1.82) is 0 Å². The molecule has 7 nitrogen and oxygen atoms in total. The number of rotatable bonds is 12. The highest BCUT2D eigenvalue weighted by molar-refractivity contribution is 5.82. The highest BCUT2D eigenvalue weighted by Gasteiger charge is 2.36. The van der Waals surface area contributed by atoms with Crippen LogP contribution in [0.15, 0.2) is 41.3 Å². The van der Waals surface area contributed by atoms with E-state index < -0.39 is 47.7 Å². The first-order valence-electron chi connectivity index (χ1n) is 16.6. The van der Waals surface area contributed by atoms with E-state index in [9.17, 15) is 37.1 Å². The molecule has 0 saturated carbocycles. The van der Waals surface area contributed by atoms with Crippen molar-refractivity contribution in [2.45, 2.75) is 90.9 Å². The van der Waals surface area contributed by atoms with E-state index in [0.29, 0.717) is 18.2 Å². The van der Waals surface area contributed by atoms with Crippen LogP contribution in [0, 0.1) is 25.6 Å².